The van der Waals surface area contributed by atoms with Crippen molar-refractivity contribution in [3.05, 3.63) is 40.4 Å². The molecule has 86 valence electrons. The Kier molecular flexibility index (Phi) is 3.50. The summed E-state index contributed by atoms with van der Waals surface area (Å²) in [6, 6.07) is 3.11. The Hall–Kier alpha value is -2.04. The van der Waals surface area contributed by atoms with E-state index >= 15 is 0 Å². The van der Waals surface area contributed by atoms with E-state index in [-0.39, 0.29) is 11.4 Å². The topological polar surface area (TPSA) is 86.4 Å². The standard InChI is InChI=1S/C11H16N4O/c1-4-15-10(16)6-5-9(11(15)13)7(2)14-8(3)12/h5-6H,3-4,12-13H2,1-2H3/b14-7-. The fourth-order valence-electron chi connectivity index (χ4n) is 1.50. The van der Waals surface area contributed by atoms with Crippen molar-refractivity contribution < 1.29 is 0 Å². The van der Waals surface area contributed by atoms with Crippen molar-refractivity contribution in [2.24, 2.45) is 10.7 Å². The number of pyridine rings is 1. The summed E-state index contributed by atoms with van der Waals surface area (Å²) >= 11 is 0. The van der Waals surface area contributed by atoms with Gasteiger partial charge in [0.15, 0.2) is 0 Å². The molecular weight excluding hydrogens is 204 g/mol. The number of nitrogen functional groups attached to an aromatic ring is 1. The average molecular weight is 220 g/mol. The summed E-state index contributed by atoms with van der Waals surface area (Å²) in [6.45, 7) is 7.64. The van der Waals surface area contributed by atoms with Crippen molar-refractivity contribution in [1.29, 1.82) is 0 Å². The Morgan fingerprint density at radius 2 is 2.19 bits per heavy atom. The lowest BCUT2D eigenvalue weighted by Crippen LogP contribution is -2.23. The van der Waals surface area contributed by atoms with Crippen molar-refractivity contribution in [1.82, 2.24) is 4.57 Å². The summed E-state index contributed by atoms with van der Waals surface area (Å²) < 4.78 is 1.48. The Morgan fingerprint density at radius 3 is 2.69 bits per heavy atom. The SMILES string of the molecule is C=C(N)/N=C(/C)c1ccc(=O)n(CC)c1N. The van der Waals surface area contributed by atoms with Crippen LogP contribution in [0, 0.1) is 0 Å². The van der Waals surface area contributed by atoms with Crippen LogP contribution in [0.2, 0.25) is 0 Å². The maximum Gasteiger partial charge on any atom is 0.252 e. The summed E-state index contributed by atoms with van der Waals surface area (Å²) in [5.74, 6) is 0.614. The Bertz CT molecular complexity index is 499. The molecule has 5 nitrogen and oxygen atoms in total. The van der Waals surface area contributed by atoms with Crippen LogP contribution in [0.15, 0.2) is 34.3 Å². The monoisotopic (exact) mass is 220 g/mol. The molecule has 0 aliphatic heterocycles. The number of anilines is 1. The molecule has 0 aliphatic rings. The second-order valence-electron chi connectivity index (χ2n) is 3.40. The normalized spacial score (nSPS) is 11.5. The van der Waals surface area contributed by atoms with E-state index in [0.29, 0.717) is 23.6 Å². The average Bonchev–Trinajstić information content (AvgIpc) is 2.17. The molecule has 0 saturated heterocycles. The molecule has 1 aromatic heterocycles. The number of nitrogens with two attached hydrogens (primary N) is 2. The first-order valence-electron chi connectivity index (χ1n) is 4.96. The second-order valence-corrected chi connectivity index (χ2v) is 3.40. The predicted octanol–water partition coefficient (Wildman–Crippen LogP) is 0.689. The van der Waals surface area contributed by atoms with Crippen LogP contribution in [0.1, 0.15) is 19.4 Å². The number of aliphatic imine (C=N–C) groups is 1. The highest BCUT2D eigenvalue weighted by atomic mass is 16.1. The van der Waals surface area contributed by atoms with Crippen LogP contribution < -0.4 is 17.0 Å². The van der Waals surface area contributed by atoms with Gasteiger partial charge in [0.05, 0.1) is 5.71 Å². The molecule has 0 radical (unpaired) electrons. The van der Waals surface area contributed by atoms with Crippen molar-refractivity contribution in [3.63, 3.8) is 0 Å². The van der Waals surface area contributed by atoms with Gasteiger partial charge in [0.2, 0.25) is 0 Å². The van der Waals surface area contributed by atoms with Crippen LogP contribution in [0.3, 0.4) is 0 Å². The molecule has 0 spiro atoms. The predicted molar refractivity (Wildman–Crippen MR) is 66.3 cm³/mol. The van der Waals surface area contributed by atoms with Gasteiger partial charge in [0, 0.05) is 18.2 Å². The first kappa shape index (κ1) is 12.0. The maximum atomic E-state index is 11.5. The molecule has 0 aromatic carbocycles. The summed E-state index contributed by atoms with van der Waals surface area (Å²) in [5.41, 5.74) is 12.5. The molecule has 0 unspecified atom stereocenters. The van der Waals surface area contributed by atoms with Crippen LogP contribution in [0.5, 0.6) is 0 Å². The maximum absolute atomic E-state index is 11.5. The summed E-state index contributed by atoms with van der Waals surface area (Å²) in [6.07, 6.45) is 0. The van der Waals surface area contributed by atoms with E-state index in [4.69, 9.17) is 11.5 Å². The van der Waals surface area contributed by atoms with Crippen LogP contribution >= 0.6 is 0 Å². The molecule has 4 N–H and O–H groups in total. The molecule has 5 heteroatoms. The second kappa shape index (κ2) is 4.65. The van der Waals surface area contributed by atoms with Gasteiger partial charge < -0.3 is 11.5 Å². The third kappa shape index (κ3) is 2.31. The molecule has 0 fully saturated rings. The van der Waals surface area contributed by atoms with Gasteiger partial charge in [0.25, 0.3) is 5.56 Å². The van der Waals surface area contributed by atoms with E-state index in [1.807, 2.05) is 6.92 Å². The minimum absolute atomic E-state index is 0.122. The minimum atomic E-state index is -0.122. The number of rotatable bonds is 3. The summed E-state index contributed by atoms with van der Waals surface area (Å²) in [7, 11) is 0. The number of aromatic nitrogens is 1. The van der Waals surface area contributed by atoms with Gasteiger partial charge in [-0.2, -0.15) is 0 Å². The quantitative estimate of drug-likeness (QED) is 0.735. The highest BCUT2D eigenvalue weighted by molar-refractivity contribution is 6.02. The first-order chi connectivity index (χ1) is 7.47. The first-order valence-corrected chi connectivity index (χ1v) is 4.96. The molecule has 1 heterocycles. The van der Waals surface area contributed by atoms with Gasteiger partial charge in [-0.15, -0.1) is 0 Å². The Morgan fingerprint density at radius 1 is 1.56 bits per heavy atom. The molecular formula is C11H16N4O. The molecule has 16 heavy (non-hydrogen) atoms. The van der Waals surface area contributed by atoms with Crippen molar-refractivity contribution in [3.8, 4) is 0 Å². The minimum Gasteiger partial charge on any atom is -0.384 e. The summed E-state index contributed by atoms with van der Waals surface area (Å²) in [5, 5.41) is 0. The highest BCUT2D eigenvalue weighted by Crippen LogP contribution is 2.10. The fraction of sp³-hybridized carbons (Fsp3) is 0.273. The number of hydrogen-bond donors (Lipinski definition) is 2. The lowest BCUT2D eigenvalue weighted by molar-refractivity contribution is 0.738. The summed E-state index contributed by atoms with van der Waals surface area (Å²) in [4.78, 5) is 15.5. The van der Waals surface area contributed by atoms with E-state index in [2.05, 4.69) is 11.6 Å². The molecule has 0 saturated carbocycles. The van der Waals surface area contributed by atoms with Crippen molar-refractivity contribution >= 4 is 11.5 Å². The zero-order valence-corrected chi connectivity index (χ0v) is 9.53. The largest absolute Gasteiger partial charge is 0.384 e. The number of hydrogen-bond acceptors (Lipinski definition) is 4. The molecule has 0 aliphatic carbocycles. The highest BCUT2D eigenvalue weighted by Gasteiger charge is 2.07. The van der Waals surface area contributed by atoms with Gasteiger partial charge in [-0.3, -0.25) is 9.36 Å². The van der Waals surface area contributed by atoms with E-state index < -0.39 is 0 Å². The van der Waals surface area contributed by atoms with E-state index in [0.717, 1.165) is 0 Å². The lowest BCUT2D eigenvalue weighted by Gasteiger charge is -2.11. The third-order valence-electron chi connectivity index (χ3n) is 2.24. The van der Waals surface area contributed by atoms with Crippen LogP contribution in [0.25, 0.3) is 0 Å². The fourth-order valence-corrected chi connectivity index (χ4v) is 1.50. The molecule has 0 amide bonds. The molecule has 1 aromatic rings. The molecule has 1 rings (SSSR count). The zero-order valence-electron chi connectivity index (χ0n) is 9.53. The smallest absolute Gasteiger partial charge is 0.252 e. The Labute approximate surface area is 94.1 Å². The molecule has 0 bridgehead atoms. The molecule has 0 atom stereocenters. The van der Waals surface area contributed by atoms with Crippen molar-refractivity contribution in [2.45, 2.75) is 20.4 Å². The van der Waals surface area contributed by atoms with Gasteiger partial charge in [-0.25, -0.2) is 4.99 Å². The van der Waals surface area contributed by atoms with E-state index in [1.54, 1.807) is 13.0 Å². The van der Waals surface area contributed by atoms with Crippen LogP contribution in [-0.2, 0) is 6.54 Å². The van der Waals surface area contributed by atoms with Gasteiger partial charge in [0.1, 0.15) is 11.6 Å². The number of nitrogens with zero attached hydrogens (tertiary/aromatic N) is 2. The van der Waals surface area contributed by atoms with E-state index in [9.17, 15) is 4.79 Å². The van der Waals surface area contributed by atoms with Gasteiger partial charge in [-0.05, 0) is 19.9 Å². The zero-order chi connectivity index (χ0) is 12.3. The van der Waals surface area contributed by atoms with Crippen LogP contribution in [-0.4, -0.2) is 10.3 Å². The Balaban J connectivity index is 3.37. The lowest BCUT2D eigenvalue weighted by atomic mass is 10.1. The van der Waals surface area contributed by atoms with Crippen LogP contribution in [0.4, 0.5) is 5.82 Å². The van der Waals surface area contributed by atoms with E-state index in [1.165, 1.54) is 10.6 Å². The third-order valence-corrected chi connectivity index (χ3v) is 2.24. The van der Waals surface area contributed by atoms with Gasteiger partial charge in [-0.1, -0.05) is 6.58 Å². The van der Waals surface area contributed by atoms with Crippen molar-refractivity contribution in [2.75, 3.05) is 5.73 Å². The van der Waals surface area contributed by atoms with Gasteiger partial charge >= 0.3 is 0 Å².